The first-order chi connectivity index (χ1) is 7.03. The second kappa shape index (κ2) is 3.81. The molecule has 2 atom stereocenters. The van der Waals surface area contributed by atoms with E-state index in [1.165, 1.54) is 25.7 Å². The quantitative estimate of drug-likeness (QED) is 0.579. The van der Waals surface area contributed by atoms with Gasteiger partial charge in [0.15, 0.2) is 0 Å². The summed E-state index contributed by atoms with van der Waals surface area (Å²) in [4.78, 5) is 0. The third kappa shape index (κ3) is 1.91. The molecule has 2 aliphatic rings. The Balaban J connectivity index is 2.34. The molecular weight excluding hydrogens is 180 g/mol. The molecule has 2 rings (SSSR count). The lowest BCUT2D eigenvalue weighted by molar-refractivity contribution is 0.259. The van der Waals surface area contributed by atoms with Crippen molar-refractivity contribution in [3.05, 3.63) is 23.3 Å². The Bertz CT molecular complexity index is 306. The molecule has 0 bridgehead atoms. The van der Waals surface area contributed by atoms with Gasteiger partial charge in [0.1, 0.15) is 0 Å². The van der Waals surface area contributed by atoms with Crippen LogP contribution in [-0.4, -0.2) is 0 Å². The molecule has 0 unspecified atom stereocenters. The minimum Gasteiger partial charge on any atom is -0.0813 e. The summed E-state index contributed by atoms with van der Waals surface area (Å²) in [6.45, 7) is 9.47. The Kier molecular flexibility index (Phi) is 2.79. The maximum atomic E-state index is 2.58. The van der Waals surface area contributed by atoms with Gasteiger partial charge in [-0.25, -0.2) is 0 Å². The van der Waals surface area contributed by atoms with Crippen molar-refractivity contribution in [2.75, 3.05) is 0 Å². The second-order valence-electron chi connectivity index (χ2n) is 6.01. The Morgan fingerprint density at radius 2 is 2.07 bits per heavy atom. The summed E-state index contributed by atoms with van der Waals surface area (Å²) < 4.78 is 0. The normalized spacial score (nSPS) is 35.9. The second-order valence-corrected chi connectivity index (χ2v) is 6.01. The highest BCUT2D eigenvalue weighted by Gasteiger charge is 2.36. The summed E-state index contributed by atoms with van der Waals surface area (Å²) in [6.07, 6.45) is 10.4. The maximum absolute atomic E-state index is 2.58. The van der Waals surface area contributed by atoms with Gasteiger partial charge in [0.05, 0.1) is 0 Å². The molecule has 0 amide bonds. The van der Waals surface area contributed by atoms with Gasteiger partial charge in [-0.1, -0.05) is 38.5 Å². The minimum absolute atomic E-state index is 0.504. The van der Waals surface area contributed by atoms with Crippen molar-refractivity contribution in [3.8, 4) is 0 Å². The van der Waals surface area contributed by atoms with Gasteiger partial charge < -0.3 is 0 Å². The number of rotatable bonds is 1. The molecule has 0 radical (unpaired) electrons. The highest BCUT2D eigenvalue weighted by molar-refractivity contribution is 5.39. The van der Waals surface area contributed by atoms with E-state index < -0.39 is 0 Å². The van der Waals surface area contributed by atoms with Crippen LogP contribution in [0.2, 0.25) is 0 Å². The molecule has 0 heterocycles. The lowest BCUT2D eigenvalue weighted by atomic mass is 9.63. The van der Waals surface area contributed by atoms with Gasteiger partial charge in [-0.3, -0.25) is 0 Å². The van der Waals surface area contributed by atoms with Gasteiger partial charge in [0, 0.05) is 0 Å². The molecule has 0 fully saturated rings. The first kappa shape index (κ1) is 11.0. The van der Waals surface area contributed by atoms with Crippen LogP contribution in [0, 0.1) is 17.3 Å². The first-order valence-corrected chi connectivity index (χ1v) is 6.42. The highest BCUT2D eigenvalue weighted by Crippen LogP contribution is 2.49. The van der Waals surface area contributed by atoms with E-state index in [0.717, 1.165) is 11.8 Å². The van der Waals surface area contributed by atoms with Crippen molar-refractivity contribution in [1.29, 1.82) is 0 Å². The van der Waals surface area contributed by atoms with Crippen LogP contribution in [0.4, 0.5) is 0 Å². The smallest absolute Gasteiger partial charge is 0.00726 e. The molecule has 0 aromatic rings. The fourth-order valence-corrected chi connectivity index (χ4v) is 3.23. The third-order valence-corrected chi connectivity index (χ3v) is 4.49. The average Bonchev–Trinajstić information content (AvgIpc) is 2.17. The van der Waals surface area contributed by atoms with Crippen molar-refractivity contribution in [1.82, 2.24) is 0 Å². The molecule has 84 valence electrons. The Labute approximate surface area is 94.5 Å². The predicted octanol–water partition coefficient (Wildman–Crippen LogP) is 4.73. The molecule has 0 saturated carbocycles. The fourth-order valence-electron chi connectivity index (χ4n) is 3.23. The van der Waals surface area contributed by atoms with Gasteiger partial charge in [-0.05, 0) is 55.4 Å². The zero-order valence-electron chi connectivity index (χ0n) is 10.6. The molecule has 0 aromatic heterocycles. The summed E-state index contributed by atoms with van der Waals surface area (Å²) >= 11 is 0. The molecule has 0 aromatic carbocycles. The van der Waals surface area contributed by atoms with E-state index in [0.29, 0.717) is 5.41 Å². The zero-order valence-corrected chi connectivity index (χ0v) is 10.6. The predicted molar refractivity (Wildman–Crippen MR) is 66.7 cm³/mol. The van der Waals surface area contributed by atoms with E-state index >= 15 is 0 Å². The molecule has 15 heavy (non-hydrogen) atoms. The van der Waals surface area contributed by atoms with Crippen LogP contribution in [0.25, 0.3) is 0 Å². The SMILES string of the molecule is CC1=CCC[C@@]2(C)CC[C@@H](C(C)C)C=C12. The van der Waals surface area contributed by atoms with Gasteiger partial charge in [0.2, 0.25) is 0 Å². The van der Waals surface area contributed by atoms with Gasteiger partial charge in [-0.15, -0.1) is 0 Å². The topological polar surface area (TPSA) is 0 Å². The van der Waals surface area contributed by atoms with E-state index in [1.807, 2.05) is 0 Å². The van der Waals surface area contributed by atoms with Crippen molar-refractivity contribution < 1.29 is 0 Å². The standard InChI is InChI=1S/C15H24/c1-11(2)13-7-9-15(4)8-5-6-12(3)14(15)10-13/h6,10-11,13H,5,7-9H2,1-4H3/t13-,15+/m1/s1. The largest absolute Gasteiger partial charge is 0.0813 e. The molecule has 0 saturated heterocycles. The summed E-state index contributed by atoms with van der Waals surface area (Å²) in [7, 11) is 0. The molecule has 2 aliphatic carbocycles. The van der Waals surface area contributed by atoms with Crippen LogP contribution >= 0.6 is 0 Å². The van der Waals surface area contributed by atoms with Gasteiger partial charge in [0.25, 0.3) is 0 Å². The summed E-state index contributed by atoms with van der Waals surface area (Å²) in [5.41, 5.74) is 3.72. The van der Waals surface area contributed by atoms with Crippen LogP contribution < -0.4 is 0 Å². The number of hydrogen-bond acceptors (Lipinski definition) is 0. The van der Waals surface area contributed by atoms with Crippen LogP contribution in [0.3, 0.4) is 0 Å². The molecule has 0 nitrogen and oxygen atoms in total. The van der Waals surface area contributed by atoms with Crippen molar-refractivity contribution in [3.63, 3.8) is 0 Å². The maximum Gasteiger partial charge on any atom is -0.00726 e. The first-order valence-electron chi connectivity index (χ1n) is 6.42. The number of allylic oxidation sites excluding steroid dienone is 4. The molecule has 0 spiro atoms. The third-order valence-electron chi connectivity index (χ3n) is 4.49. The summed E-state index contributed by atoms with van der Waals surface area (Å²) in [5.74, 6) is 1.62. The van der Waals surface area contributed by atoms with E-state index in [-0.39, 0.29) is 0 Å². The fraction of sp³-hybridized carbons (Fsp3) is 0.733. The van der Waals surface area contributed by atoms with Gasteiger partial charge >= 0.3 is 0 Å². The van der Waals surface area contributed by atoms with Crippen LogP contribution in [0.5, 0.6) is 0 Å². The Hall–Kier alpha value is -0.520. The average molecular weight is 204 g/mol. The highest BCUT2D eigenvalue weighted by atomic mass is 14.4. The van der Waals surface area contributed by atoms with Crippen LogP contribution in [0.15, 0.2) is 23.3 Å². The zero-order chi connectivity index (χ0) is 11.1. The summed E-state index contributed by atoms with van der Waals surface area (Å²) in [5, 5.41) is 0. The minimum atomic E-state index is 0.504. The number of hydrogen-bond donors (Lipinski definition) is 0. The summed E-state index contributed by atoms with van der Waals surface area (Å²) in [6, 6.07) is 0. The molecule has 0 N–H and O–H groups in total. The Morgan fingerprint density at radius 3 is 2.73 bits per heavy atom. The van der Waals surface area contributed by atoms with E-state index in [1.54, 1.807) is 11.1 Å². The van der Waals surface area contributed by atoms with E-state index in [2.05, 4.69) is 39.8 Å². The lowest BCUT2D eigenvalue weighted by Crippen LogP contribution is -2.29. The van der Waals surface area contributed by atoms with Crippen molar-refractivity contribution in [2.45, 2.75) is 53.4 Å². The molecule has 0 aliphatic heterocycles. The number of fused-ring (bicyclic) bond motifs is 1. The van der Waals surface area contributed by atoms with Gasteiger partial charge in [-0.2, -0.15) is 0 Å². The molecular formula is C15H24. The van der Waals surface area contributed by atoms with E-state index in [4.69, 9.17) is 0 Å². The lowest BCUT2D eigenvalue weighted by Gasteiger charge is -2.42. The van der Waals surface area contributed by atoms with Crippen molar-refractivity contribution in [2.24, 2.45) is 17.3 Å². The monoisotopic (exact) mass is 204 g/mol. The Morgan fingerprint density at radius 1 is 1.33 bits per heavy atom. The molecule has 0 heteroatoms. The van der Waals surface area contributed by atoms with Crippen LogP contribution in [-0.2, 0) is 0 Å². The van der Waals surface area contributed by atoms with Crippen LogP contribution in [0.1, 0.15) is 53.4 Å². The van der Waals surface area contributed by atoms with E-state index in [9.17, 15) is 0 Å². The van der Waals surface area contributed by atoms with Crippen molar-refractivity contribution >= 4 is 0 Å².